The molecule has 2 aromatic rings. The molecule has 31 heavy (non-hydrogen) atoms. The van der Waals surface area contributed by atoms with Crippen LogP contribution in [0.15, 0.2) is 53.4 Å². The van der Waals surface area contributed by atoms with E-state index in [1.54, 1.807) is 11.0 Å². The van der Waals surface area contributed by atoms with Crippen molar-refractivity contribution < 1.29 is 22.3 Å². The van der Waals surface area contributed by atoms with E-state index in [1.165, 1.54) is 22.5 Å². The van der Waals surface area contributed by atoms with Crippen molar-refractivity contribution >= 4 is 15.9 Å². The number of nitrogens with zero attached hydrogens (tertiary/aromatic N) is 3. The topological polar surface area (TPSA) is 70.2 Å². The summed E-state index contributed by atoms with van der Waals surface area (Å²) in [6.07, 6.45) is 0. The summed E-state index contributed by atoms with van der Waals surface area (Å²) >= 11 is 0. The predicted octanol–water partition coefficient (Wildman–Crippen LogP) is 1.80. The summed E-state index contributed by atoms with van der Waals surface area (Å²) in [7, 11) is -3.78. The number of amides is 1. The van der Waals surface area contributed by atoms with Gasteiger partial charge in [0.25, 0.3) is 5.91 Å². The molecule has 0 saturated carbocycles. The molecule has 0 bridgehead atoms. The first-order valence-corrected chi connectivity index (χ1v) is 11.8. The molecule has 2 saturated heterocycles. The molecule has 1 amide bonds. The molecule has 0 unspecified atom stereocenters. The molecular formula is C22H26FN3O4S. The molecule has 4 rings (SSSR count). The first-order chi connectivity index (χ1) is 14.9. The highest BCUT2D eigenvalue weighted by atomic mass is 32.2. The normalized spacial score (nSPS) is 18.8. The van der Waals surface area contributed by atoms with Gasteiger partial charge in [-0.3, -0.25) is 9.69 Å². The molecule has 0 aliphatic carbocycles. The lowest BCUT2D eigenvalue weighted by molar-refractivity contribution is 0.0341. The van der Waals surface area contributed by atoms with Crippen molar-refractivity contribution in [2.45, 2.75) is 11.4 Å². The van der Waals surface area contributed by atoms with Crippen LogP contribution in [0.3, 0.4) is 0 Å². The predicted molar refractivity (Wildman–Crippen MR) is 114 cm³/mol. The van der Waals surface area contributed by atoms with Crippen LogP contribution in [0.1, 0.15) is 15.9 Å². The van der Waals surface area contributed by atoms with Crippen molar-refractivity contribution in [3.8, 4) is 0 Å². The van der Waals surface area contributed by atoms with Crippen LogP contribution in [0.5, 0.6) is 0 Å². The molecule has 0 aromatic heterocycles. The van der Waals surface area contributed by atoms with Gasteiger partial charge in [-0.25, -0.2) is 12.8 Å². The fourth-order valence-corrected chi connectivity index (χ4v) is 5.37. The summed E-state index contributed by atoms with van der Waals surface area (Å²) in [6.45, 7) is 4.91. The van der Waals surface area contributed by atoms with E-state index in [0.717, 1.165) is 44.5 Å². The molecule has 166 valence electrons. The minimum absolute atomic E-state index is 0.0666. The van der Waals surface area contributed by atoms with Gasteiger partial charge in [0.2, 0.25) is 10.0 Å². The summed E-state index contributed by atoms with van der Waals surface area (Å²) < 4.78 is 45.7. The Labute approximate surface area is 182 Å². The van der Waals surface area contributed by atoms with Gasteiger partial charge in [-0.05, 0) is 35.9 Å². The van der Waals surface area contributed by atoms with Gasteiger partial charge < -0.3 is 9.64 Å². The van der Waals surface area contributed by atoms with Gasteiger partial charge in [-0.1, -0.05) is 18.2 Å². The molecule has 7 nitrogen and oxygen atoms in total. The zero-order valence-electron chi connectivity index (χ0n) is 17.2. The Morgan fingerprint density at radius 3 is 2.35 bits per heavy atom. The van der Waals surface area contributed by atoms with Crippen molar-refractivity contribution in [2.24, 2.45) is 0 Å². The van der Waals surface area contributed by atoms with Crippen molar-refractivity contribution in [1.82, 2.24) is 14.1 Å². The second-order valence-corrected chi connectivity index (χ2v) is 9.68. The zero-order chi connectivity index (χ0) is 21.8. The molecular weight excluding hydrogens is 421 g/mol. The van der Waals surface area contributed by atoms with Gasteiger partial charge in [-0.15, -0.1) is 0 Å². The van der Waals surface area contributed by atoms with Crippen LogP contribution in [0.2, 0.25) is 0 Å². The van der Waals surface area contributed by atoms with Crippen LogP contribution in [0.25, 0.3) is 0 Å². The third-order valence-electron chi connectivity index (χ3n) is 5.64. The fourth-order valence-electron chi connectivity index (χ4n) is 3.91. The Bertz CT molecular complexity index is 1030. The van der Waals surface area contributed by atoms with Gasteiger partial charge in [-0.2, -0.15) is 4.31 Å². The SMILES string of the molecule is O=C(c1cccc(CN2CCOCC2)c1)N1CCN(S(=O)(=O)c2cccc(F)c2)CC1. The van der Waals surface area contributed by atoms with Crippen LogP contribution in [-0.2, 0) is 21.3 Å². The number of carbonyl (C=O) groups excluding carboxylic acids is 1. The average Bonchev–Trinajstić information content (AvgIpc) is 2.79. The third kappa shape index (κ3) is 5.12. The van der Waals surface area contributed by atoms with Gasteiger partial charge in [0.1, 0.15) is 5.82 Å². The maximum atomic E-state index is 13.5. The van der Waals surface area contributed by atoms with Crippen molar-refractivity contribution in [3.63, 3.8) is 0 Å². The van der Waals surface area contributed by atoms with Crippen LogP contribution in [-0.4, -0.2) is 80.9 Å². The van der Waals surface area contributed by atoms with Crippen LogP contribution >= 0.6 is 0 Å². The van der Waals surface area contributed by atoms with E-state index in [9.17, 15) is 17.6 Å². The second kappa shape index (κ2) is 9.44. The van der Waals surface area contributed by atoms with Crippen LogP contribution in [0.4, 0.5) is 4.39 Å². The summed E-state index contributed by atoms with van der Waals surface area (Å²) in [5, 5.41) is 0. The summed E-state index contributed by atoms with van der Waals surface area (Å²) in [5.74, 6) is -0.696. The minimum atomic E-state index is -3.78. The van der Waals surface area contributed by atoms with Gasteiger partial charge >= 0.3 is 0 Å². The van der Waals surface area contributed by atoms with E-state index >= 15 is 0 Å². The Morgan fingerprint density at radius 2 is 1.65 bits per heavy atom. The lowest BCUT2D eigenvalue weighted by Crippen LogP contribution is -2.50. The lowest BCUT2D eigenvalue weighted by Gasteiger charge is -2.34. The highest BCUT2D eigenvalue weighted by Gasteiger charge is 2.30. The van der Waals surface area contributed by atoms with E-state index in [1.807, 2.05) is 18.2 Å². The van der Waals surface area contributed by atoms with Crippen molar-refractivity contribution in [2.75, 3.05) is 52.5 Å². The monoisotopic (exact) mass is 447 g/mol. The fraction of sp³-hybridized carbons (Fsp3) is 0.409. The molecule has 0 N–H and O–H groups in total. The lowest BCUT2D eigenvalue weighted by atomic mass is 10.1. The first kappa shape index (κ1) is 21.9. The minimum Gasteiger partial charge on any atom is -0.379 e. The van der Waals surface area contributed by atoms with Crippen LogP contribution < -0.4 is 0 Å². The van der Waals surface area contributed by atoms with Crippen LogP contribution in [0, 0.1) is 5.82 Å². The van der Waals surface area contributed by atoms with E-state index in [2.05, 4.69) is 4.90 Å². The summed E-state index contributed by atoms with van der Waals surface area (Å²) in [4.78, 5) is 16.9. The molecule has 0 spiro atoms. The molecule has 2 aliphatic heterocycles. The number of rotatable bonds is 5. The van der Waals surface area contributed by atoms with Gasteiger partial charge in [0.05, 0.1) is 18.1 Å². The molecule has 2 aliphatic rings. The quantitative estimate of drug-likeness (QED) is 0.699. The smallest absolute Gasteiger partial charge is 0.253 e. The number of ether oxygens (including phenoxy) is 1. The molecule has 2 fully saturated rings. The average molecular weight is 448 g/mol. The largest absolute Gasteiger partial charge is 0.379 e. The summed E-state index contributed by atoms with van der Waals surface area (Å²) in [6, 6.07) is 12.6. The van der Waals surface area contributed by atoms with E-state index < -0.39 is 15.8 Å². The number of sulfonamides is 1. The number of morpholine rings is 1. The van der Waals surface area contributed by atoms with Crippen molar-refractivity contribution in [3.05, 3.63) is 65.5 Å². The Balaban J connectivity index is 1.38. The number of carbonyl (C=O) groups is 1. The number of hydrogen-bond donors (Lipinski definition) is 0. The number of benzene rings is 2. The van der Waals surface area contributed by atoms with Gasteiger partial charge in [0.15, 0.2) is 0 Å². The van der Waals surface area contributed by atoms with Crippen molar-refractivity contribution in [1.29, 1.82) is 0 Å². The maximum absolute atomic E-state index is 13.5. The molecule has 2 aromatic carbocycles. The molecule has 0 atom stereocenters. The summed E-state index contributed by atoms with van der Waals surface area (Å²) in [5.41, 5.74) is 1.67. The van der Waals surface area contributed by atoms with E-state index in [4.69, 9.17) is 4.74 Å². The molecule has 9 heteroatoms. The first-order valence-electron chi connectivity index (χ1n) is 10.4. The Morgan fingerprint density at radius 1 is 0.935 bits per heavy atom. The molecule has 0 radical (unpaired) electrons. The Kier molecular flexibility index (Phi) is 6.66. The third-order valence-corrected chi connectivity index (χ3v) is 7.54. The number of piperazine rings is 1. The highest BCUT2D eigenvalue weighted by Crippen LogP contribution is 2.20. The zero-order valence-corrected chi connectivity index (χ0v) is 18.1. The van der Waals surface area contributed by atoms with E-state index in [-0.39, 0.29) is 23.9 Å². The second-order valence-electron chi connectivity index (χ2n) is 7.74. The molecule has 2 heterocycles. The number of hydrogen-bond acceptors (Lipinski definition) is 5. The standard InChI is InChI=1S/C22H26FN3O4S/c23-20-5-2-6-21(16-20)31(28,29)26-9-7-25(8-10-26)22(27)19-4-1-3-18(15-19)17-24-11-13-30-14-12-24/h1-6,15-16H,7-14,17H2. The maximum Gasteiger partial charge on any atom is 0.253 e. The number of halogens is 1. The Hall–Kier alpha value is -2.33. The van der Waals surface area contributed by atoms with Gasteiger partial charge in [0, 0.05) is 51.4 Å². The van der Waals surface area contributed by atoms with E-state index in [0.29, 0.717) is 18.7 Å². The highest BCUT2D eigenvalue weighted by molar-refractivity contribution is 7.89.